The fraction of sp³-hybridized carbons (Fsp3) is 0.333. The van der Waals surface area contributed by atoms with E-state index in [4.69, 9.17) is 11.6 Å². The summed E-state index contributed by atoms with van der Waals surface area (Å²) in [7, 11) is 0. The average Bonchev–Trinajstić information content (AvgIpc) is 2.96. The number of carbonyl (C=O) groups is 2. The Morgan fingerprint density at radius 3 is 2.39 bits per heavy atom. The molecular weight excluding hydrogens is 248 g/mol. The highest BCUT2D eigenvalue weighted by atomic mass is 35.5. The third kappa shape index (κ3) is 1.10. The zero-order chi connectivity index (χ0) is 12.4. The maximum absolute atomic E-state index is 12.6. The second kappa shape index (κ2) is 3.33. The van der Waals surface area contributed by atoms with E-state index in [2.05, 4.69) is 12.2 Å². The first-order valence-electron chi connectivity index (χ1n) is 6.24. The third-order valence-electron chi connectivity index (χ3n) is 4.59. The molecule has 0 spiro atoms. The summed E-state index contributed by atoms with van der Waals surface area (Å²) in [5.41, 5.74) is 0.973. The summed E-state index contributed by atoms with van der Waals surface area (Å²) in [6.07, 6.45) is 5.14. The minimum absolute atomic E-state index is 0.0667. The van der Waals surface area contributed by atoms with Crippen molar-refractivity contribution in [1.29, 1.82) is 0 Å². The second-order valence-electron chi connectivity index (χ2n) is 5.39. The molecule has 3 aliphatic rings. The molecule has 1 fully saturated rings. The molecule has 4 atom stereocenters. The van der Waals surface area contributed by atoms with Gasteiger partial charge in [0.05, 0.1) is 5.02 Å². The lowest BCUT2D eigenvalue weighted by Gasteiger charge is -2.31. The molecule has 3 aliphatic carbocycles. The Labute approximate surface area is 110 Å². The first-order chi connectivity index (χ1) is 8.68. The van der Waals surface area contributed by atoms with Gasteiger partial charge in [0.15, 0.2) is 11.6 Å². The van der Waals surface area contributed by atoms with Crippen molar-refractivity contribution in [3.05, 3.63) is 46.5 Å². The van der Waals surface area contributed by atoms with Crippen LogP contribution in [0, 0.1) is 23.7 Å². The van der Waals surface area contributed by atoms with Crippen LogP contribution in [-0.4, -0.2) is 11.6 Å². The largest absolute Gasteiger partial charge is 0.294 e. The first kappa shape index (κ1) is 10.5. The first-order valence-corrected chi connectivity index (χ1v) is 6.61. The summed E-state index contributed by atoms with van der Waals surface area (Å²) in [5.74, 6) is 0.355. The Morgan fingerprint density at radius 1 is 1.00 bits per heavy atom. The maximum atomic E-state index is 12.6. The van der Waals surface area contributed by atoms with Crippen molar-refractivity contribution in [2.24, 2.45) is 23.7 Å². The van der Waals surface area contributed by atoms with Gasteiger partial charge in [-0.2, -0.15) is 0 Å². The number of carbonyl (C=O) groups excluding carboxylic acids is 2. The molecule has 0 heterocycles. The topological polar surface area (TPSA) is 34.1 Å². The van der Waals surface area contributed by atoms with E-state index in [0.29, 0.717) is 16.1 Å². The van der Waals surface area contributed by atoms with Gasteiger partial charge in [0.2, 0.25) is 0 Å². The van der Waals surface area contributed by atoms with E-state index in [1.165, 1.54) is 0 Å². The molecule has 2 bridgehead atoms. The van der Waals surface area contributed by atoms with Crippen LogP contribution in [0.2, 0.25) is 5.02 Å². The van der Waals surface area contributed by atoms with E-state index in [0.717, 1.165) is 6.42 Å². The Hall–Kier alpha value is -1.41. The van der Waals surface area contributed by atoms with Crippen molar-refractivity contribution >= 4 is 23.2 Å². The van der Waals surface area contributed by atoms with E-state index >= 15 is 0 Å². The molecule has 1 aromatic rings. The molecule has 4 rings (SSSR count). The highest BCUT2D eigenvalue weighted by molar-refractivity contribution is 6.36. The highest BCUT2D eigenvalue weighted by Gasteiger charge is 2.54. The van der Waals surface area contributed by atoms with Crippen LogP contribution in [0.1, 0.15) is 27.1 Å². The lowest BCUT2D eigenvalue weighted by molar-refractivity contribution is 0.0721. The Morgan fingerprint density at radius 2 is 1.67 bits per heavy atom. The van der Waals surface area contributed by atoms with Crippen LogP contribution < -0.4 is 0 Å². The van der Waals surface area contributed by atoms with Gasteiger partial charge in [0.25, 0.3) is 0 Å². The van der Waals surface area contributed by atoms with E-state index in [1.54, 1.807) is 18.2 Å². The van der Waals surface area contributed by atoms with Gasteiger partial charge in [-0.3, -0.25) is 9.59 Å². The average molecular weight is 259 g/mol. The normalized spacial score (nSPS) is 35.8. The Kier molecular flexibility index (Phi) is 1.94. The summed E-state index contributed by atoms with van der Waals surface area (Å²) in [6.45, 7) is 0. The smallest absolute Gasteiger partial charge is 0.169 e. The Bertz CT molecular complexity index is 617. The molecule has 2 nitrogen and oxygen atoms in total. The summed E-state index contributed by atoms with van der Waals surface area (Å²) < 4.78 is 0. The molecule has 0 saturated heterocycles. The fourth-order valence-corrected chi connectivity index (χ4v) is 4.13. The summed E-state index contributed by atoms with van der Waals surface area (Å²) in [5, 5.41) is 0.413. The minimum Gasteiger partial charge on any atom is -0.294 e. The molecule has 1 aromatic carbocycles. The highest BCUT2D eigenvalue weighted by Crippen LogP contribution is 2.53. The van der Waals surface area contributed by atoms with Crippen LogP contribution in [0.3, 0.4) is 0 Å². The van der Waals surface area contributed by atoms with Crippen molar-refractivity contribution in [3.8, 4) is 0 Å². The molecule has 18 heavy (non-hydrogen) atoms. The molecule has 4 unspecified atom stereocenters. The fourth-order valence-electron chi connectivity index (χ4n) is 3.86. The predicted octanol–water partition coefficient (Wildman–Crippen LogP) is 3.16. The number of ketones is 2. The predicted molar refractivity (Wildman–Crippen MR) is 67.8 cm³/mol. The van der Waals surface area contributed by atoms with Crippen molar-refractivity contribution in [2.75, 3.05) is 0 Å². The maximum Gasteiger partial charge on any atom is 0.169 e. The molecule has 3 heteroatoms. The van der Waals surface area contributed by atoms with Crippen LogP contribution in [0.25, 0.3) is 0 Å². The standard InChI is InChI=1S/C15H11ClO2/c16-10-3-1-2-9-13(10)15(18)12-8-5-4-7(6-8)11(12)14(9)17/h1-5,7-8,11-12H,6H2. The second-order valence-corrected chi connectivity index (χ2v) is 5.80. The van der Waals surface area contributed by atoms with Gasteiger partial charge in [-0.1, -0.05) is 35.9 Å². The van der Waals surface area contributed by atoms with E-state index in [-0.39, 0.29) is 35.2 Å². The number of benzene rings is 1. The van der Waals surface area contributed by atoms with Crippen molar-refractivity contribution in [2.45, 2.75) is 6.42 Å². The zero-order valence-electron chi connectivity index (χ0n) is 9.60. The Balaban J connectivity index is 1.96. The van der Waals surface area contributed by atoms with E-state index < -0.39 is 0 Å². The van der Waals surface area contributed by atoms with Gasteiger partial charge >= 0.3 is 0 Å². The number of fused-ring (bicyclic) bond motifs is 6. The molecule has 0 aromatic heterocycles. The van der Waals surface area contributed by atoms with Crippen molar-refractivity contribution in [1.82, 2.24) is 0 Å². The van der Waals surface area contributed by atoms with Gasteiger partial charge in [0.1, 0.15) is 0 Å². The number of Topliss-reactive ketones (excluding diaryl/α,β-unsaturated/α-hetero) is 2. The van der Waals surface area contributed by atoms with Gasteiger partial charge in [-0.05, 0) is 24.3 Å². The summed E-state index contributed by atoms with van der Waals surface area (Å²) >= 11 is 6.10. The van der Waals surface area contributed by atoms with Crippen molar-refractivity contribution < 1.29 is 9.59 Å². The SMILES string of the molecule is O=C1c2cccc(Cl)c2C(=O)C2C3C=CC(C3)C12. The number of halogens is 1. The van der Waals surface area contributed by atoms with Crippen LogP contribution in [-0.2, 0) is 0 Å². The molecular formula is C15H11ClO2. The molecule has 0 aliphatic heterocycles. The quantitative estimate of drug-likeness (QED) is 0.670. The zero-order valence-corrected chi connectivity index (χ0v) is 10.4. The van der Waals surface area contributed by atoms with Crippen LogP contribution in [0.5, 0.6) is 0 Å². The number of rotatable bonds is 0. The lowest BCUT2D eigenvalue weighted by atomic mass is 9.69. The number of hydrogen-bond donors (Lipinski definition) is 0. The number of allylic oxidation sites excluding steroid dienone is 2. The lowest BCUT2D eigenvalue weighted by Crippen LogP contribution is -2.39. The van der Waals surface area contributed by atoms with Crippen LogP contribution in [0.15, 0.2) is 30.4 Å². The van der Waals surface area contributed by atoms with E-state index in [1.807, 2.05) is 0 Å². The molecule has 90 valence electrons. The summed E-state index contributed by atoms with van der Waals surface area (Å²) in [4.78, 5) is 25.1. The molecule has 0 N–H and O–H groups in total. The van der Waals surface area contributed by atoms with Gasteiger partial charge in [-0.15, -0.1) is 0 Å². The number of hydrogen-bond acceptors (Lipinski definition) is 2. The van der Waals surface area contributed by atoms with Gasteiger partial charge in [0, 0.05) is 23.0 Å². The molecule has 0 amide bonds. The van der Waals surface area contributed by atoms with Gasteiger partial charge < -0.3 is 0 Å². The van der Waals surface area contributed by atoms with Crippen molar-refractivity contribution in [3.63, 3.8) is 0 Å². The third-order valence-corrected chi connectivity index (χ3v) is 4.91. The van der Waals surface area contributed by atoms with Crippen LogP contribution in [0.4, 0.5) is 0 Å². The molecule has 1 saturated carbocycles. The van der Waals surface area contributed by atoms with Crippen LogP contribution >= 0.6 is 11.6 Å². The monoisotopic (exact) mass is 258 g/mol. The van der Waals surface area contributed by atoms with Gasteiger partial charge in [-0.25, -0.2) is 0 Å². The summed E-state index contributed by atoms with van der Waals surface area (Å²) in [6, 6.07) is 5.16. The molecule has 0 radical (unpaired) electrons. The van der Waals surface area contributed by atoms with E-state index in [9.17, 15) is 9.59 Å². The minimum atomic E-state index is -0.167.